The van der Waals surface area contributed by atoms with Crippen molar-refractivity contribution < 1.29 is 41.4 Å². The molecule has 2 aliphatic carbocycles. The van der Waals surface area contributed by atoms with E-state index in [1.807, 2.05) is 0 Å². The van der Waals surface area contributed by atoms with Crippen molar-refractivity contribution in [1.82, 2.24) is 20.1 Å². The molecule has 250 valence electrons. The van der Waals surface area contributed by atoms with Gasteiger partial charge in [0.25, 0.3) is 0 Å². The van der Waals surface area contributed by atoms with E-state index >= 15 is 0 Å². The van der Waals surface area contributed by atoms with Crippen molar-refractivity contribution in [3.05, 3.63) is 53.3 Å². The SMILES string of the molecule is CC(=O)N(Cc1cccc(CNC(=O)[C@H]2CC(c3ccc(OC(F)F)c(OCC4CC4)c3)CN2C(C)=O)n1)C1CCC(F)(F)CC1. The summed E-state index contributed by atoms with van der Waals surface area (Å²) in [6, 6.07) is 8.94. The number of hydrogen-bond donors (Lipinski definition) is 1. The lowest BCUT2D eigenvalue weighted by Gasteiger charge is -2.36. The van der Waals surface area contributed by atoms with Crippen LogP contribution in [0.15, 0.2) is 36.4 Å². The van der Waals surface area contributed by atoms with Crippen LogP contribution in [0.3, 0.4) is 0 Å². The molecular weight excluding hydrogens is 608 g/mol. The molecule has 2 saturated carbocycles. The zero-order valence-corrected chi connectivity index (χ0v) is 26.0. The van der Waals surface area contributed by atoms with Gasteiger partial charge in [0.1, 0.15) is 6.04 Å². The second-order valence-electron chi connectivity index (χ2n) is 12.5. The van der Waals surface area contributed by atoms with Crippen LogP contribution in [0.1, 0.15) is 81.7 Å². The zero-order valence-electron chi connectivity index (χ0n) is 26.0. The Kier molecular flexibility index (Phi) is 10.4. The predicted octanol–water partition coefficient (Wildman–Crippen LogP) is 5.42. The summed E-state index contributed by atoms with van der Waals surface area (Å²) in [4.78, 5) is 46.0. The first-order valence-corrected chi connectivity index (χ1v) is 15.7. The molecule has 1 N–H and O–H groups in total. The first-order chi connectivity index (χ1) is 21.9. The van der Waals surface area contributed by atoms with E-state index < -0.39 is 18.6 Å². The largest absolute Gasteiger partial charge is 0.489 e. The maximum absolute atomic E-state index is 13.7. The van der Waals surface area contributed by atoms with E-state index in [1.165, 1.54) is 24.8 Å². The van der Waals surface area contributed by atoms with Crippen molar-refractivity contribution >= 4 is 17.7 Å². The number of likely N-dealkylation sites (tertiary alicyclic amines) is 1. The number of amides is 3. The van der Waals surface area contributed by atoms with Gasteiger partial charge in [0.2, 0.25) is 23.6 Å². The fourth-order valence-electron chi connectivity index (χ4n) is 6.27. The number of ether oxygens (including phenoxy) is 2. The van der Waals surface area contributed by atoms with Gasteiger partial charge < -0.3 is 24.6 Å². The molecule has 0 radical (unpaired) electrons. The van der Waals surface area contributed by atoms with Crippen molar-refractivity contribution in [2.75, 3.05) is 13.2 Å². The third-order valence-corrected chi connectivity index (χ3v) is 9.01. The lowest BCUT2D eigenvalue weighted by atomic mass is 9.91. The van der Waals surface area contributed by atoms with Crippen LogP contribution in [0.5, 0.6) is 11.5 Å². The number of nitrogens with one attached hydrogen (secondary N) is 1. The van der Waals surface area contributed by atoms with Gasteiger partial charge >= 0.3 is 6.61 Å². The van der Waals surface area contributed by atoms with Gasteiger partial charge in [-0.25, -0.2) is 8.78 Å². The van der Waals surface area contributed by atoms with Gasteiger partial charge in [0, 0.05) is 45.2 Å². The maximum Gasteiger partial charge on any atom is 0.387 e. The minimum absolute atomic E-state index is 0.0587. The number of aromatic nitrogens is 1. The van der Waals surface area contributed by atoms with E-state index in [2.05, 4.69) is 15.0 Å². The fourth-order valence-corrected chi connectivity index (χ4v) is 6.27. The normalized spacial score (nSPS) is 21.2. The van der Waals surface area contributed by atoms with Gasteiger partial charge in [-0.1, -0.05) is 12.1 Å². The average molecular weight is 649 g/mol. The standard InChI is InChI=1S/C33H40F4N4O5/c1-20(42)40(27-10-12-33(36,37)13-11-27)18-26-5-3-4-25(39-26)16-38-31(44)28-14-24(17-41(28)21(2)43)23-8-9-29(46-32(34)35)30(15-23)45-19-22-6-7-22/h3-5,8-9,15,22,24,27-28,32H,6-7,10-14,16-19H2,1-2H3,(H,38,44)/t24?,28-/m1/s1. The van der Waals surface area contributed by atoms with E-state index in [-0.39, 0.29) is 86.5 Å². The molecule has 1 aliphatic heterocycles. The molecule has 46 heavy (non-hydrogen) atoms. The van der Waals surface area contributed by atoms with Crippen molar-refractivity contribution in [1.29, 1.82) is 0 Å². The number of halogens is 4. The van der Waals surface area contributed by atoms with Crippen LogP contribution >= 0.6 is 0 Å². The van der Waals surface area contributed by atoms with E-state index in [9.17, 15) is 31.9 Å². The Hall–Kier alpha value is -3.90. The number of carbonyl (C=O) groups excluding carboxylic acids is 3. The molecule has 2 aromatic rings. The van der Waals surface area contributed by atoms with Crippen LogP contribution in [0, 0.1) is 5.92 Å². The molecule has 3 fully saturated rings. The third-order valence-electron chi connectivity index (χ3n) is 9.01. The molecule has 1 aromatic heterocycles. The molecule has 2 atom stereocenters. The van der Waals surface area contributed by atoms with Crippen LogP contribution in [0.4, 0.5) is 17.6 Å². The molecular formula is C33H40F4N4O5. The Morgan fingerprint density at radius 3 is 2.41 bits per heavy atom. The lowest BCUT2D eigenvalue weighted by molar-refractivity contribution is -0.136. The second kappa shape index (κ2) is 14.3. The van der Waals surface area contributed by atoms with Crippen molar-refractivity contribution in [3.8, 4) is 11.5 Å². The molecule has 13 heteroatoms. The van der Waals surface area contributed by atoms with Crippen LogP contribution in [-0.2, 0) is 27.5 Å². The highest BCUT2D eigenvalue weighted by Gasteiger charge is 2.40. The monoisotopic (exact) mass is 648 g/mol. The molecule has 1 aromatic carbocycles. The molecule has 1 unspecified atom stereocenters. The van der Waals surface area contributed by atoms with Crippen LogP contribution < -0.4 is 14.8 Å². The number of carbonyl (C=O) groups is 3. The van der Waals surface area contributed by atoms with Gasteiger partial charge in [0.15, 0.2) is 11.5 Å². The van der Waals surface area contributed by atoms with Crippen LogP contribution in [-0.4, -0.2) is 70.3 Å². The fraction of sp³-hybridized carbons (Fsp3) is 0.576. The average Bonchev–Trinajstić information content (AvgIpc) is 3.73. The van der Waals surface area contributed by atoms with Gasteiger partial charge in [0.05, 0.1) is 31.1 Å². The summed E-state index contributed by atoms with van der Waals surface area (Å²) in [5, 5.41) is 2.87. The molecule has 5 rings (SSSR count). The Labute approximate surface area is 265 Å². The number of rotatable bonds is 12. The Morgan fingerprint density at radius 1 is 1.04 bits per heavy atom. The van der Waals surface area contributed by atoms with Crippen LogP contribution in [0.25, 0.3) is 0 Å². The highest BCUT2D eigenvalue weighted by molar-refractivity contribution is 5.87. The summed E-state index contributed by atoms with van der Waals surface area (Å²) >= 11 is 0. The predicted molar refractivity (Wildman–Crippen MR) is 159 cm³/mol. The summed E-state index contributed by atoms with van der Waals surface area (Å²) < 4.78 is 63.8. The number of pyridine rings is 1. The number of alkyl halides is 4. The highest BCUT2D eigenvalue weighted by Crippen LogP contribution is 2.39. The quantitative estimate of drug-likeness (QED) is 0.309. The number of nitrogens with zero attached hydrogens (tertiary/aromatic N) is 3. The smallest absolute Gasteiger partial charge is 0.387 e. The molecule has 2 heterocycles. The molecule has 1 saturated heterocycles. The van der Waals surface area contributed by atoms with Crippen molar-refractivity contribution in [2.45, 2.75) is 102 Å². The highest BCUT2D eigenvalue weighted by atomic mass is 19.3. The summed E-state index contributed by atoms with van der Waals surface area (Å²) in [6.45, 7) is 0.729. The zero-order chi connectivity index (χ0) is 33.0. The van der Waals surface area contributed by atoms with E-state index in [0.29, 0.717) is 30.3 Å². The first kappa shape index (κ1) is 33.5. The Balaban J connectivity index is 1.22. The number of hydrogen-bond acceptors (Lipinski definition) is 6. The van der Waals surface area contributed by atoms with Gasteiger partial charge in [-0.2, -0.15) is 8.78 Å². The molecule has 0 bridgehead atoms. The third kappa shape index (κ3) is 8.67. The number of benzene rings is 1. The minimum Gasteiger partial charge on any atom is -0.489 e. The summed E-state index contributed by atoms with van der Waals surface area (Å²) in [5.74, 6) is -3.23. The summed E-state index contributed by atoms with van der Waals surface area (Å²) in [5.41, 5.74) is 1.87. The molecule has 3 aliphatic rings. The Morgan fingerprint density at radius 2 is 1.76 bits per heavy atom. The van der Waals surface area contributed by atoms with Crippen molar-refractivity contribution in [3.63, 3.8) is 0 Å². The van der Waals surface area contributed by atoms with Crippen LogP contribution in [0.2, 0.25) is 0 Å². The van der Waals surface area contributed by atoms with E-state index in [1.54, 1.807) is 35.2 Å². The van der Waals surface area contributed by atoms with Crippen molar-refractivity contribution in [2.24, 2.45) is 5.92 Å². The van der Waals surface area contributed by atoms with E-state index in [0.717, 1.165) is 18.4 Å². The second-order valence-corrected chi connectivity index (χ2v) is 12.5. The molecule has 0 spiro atoms. The van der Waals surface area contributed by atoms with Gasteiger partial charge in [-0.15, -0.1) is 0 Å². The summed E-state index contributed by atoms with van der Waals surface area (Å²) in [7, 11) is 0. The summed E-state index contributed by atoms with van der Waals surface area (Å²) in [6.07, 6.45) is 2.31. The Bertz CT molecular complexity index is 1410. The minimum atomic E-state index is -3.00. The first-order valence-electron chi connectivity index (χ1n) is 15.7. The molecule has 9 nitrogen and oxygen atoms in total. The van der Waals surface area contributed by atoms with E-state index in [4.69, 9.17) is 4.74 Å². The lowest BCUT2D eigenvalue weighted by Crippen LogP contribution is -2.45. The maximum atomic E-state index is 13.7. The van der Waals surface area contributed by atoms with Gasteiger partial charge in [-0.05, 0) is 67.9 Å². The topological polar surface area (TPSA) is 101 Å². The molecule has 3 amide bonds. The van der Waals surface area contributed by atoms with Gasteiger partial charge in [-0.3, -0.25) is 19.4 Å².